The second kappa shape index (κ2) is 8.67. The average Bonchev–Trinajstić information content (AvgIpc) is 2.67. The molecule has 126 valence electrons. The van der Waals surface area contributed by atoms with Crippen LogP contribution in [0.2, 0.25) is 0 Å². The van der Waals surface area contributed by atoms with Gasteiger partial charge in [0.2, 0.25) is 0 Å². The van der Waals surface area contributed by atoms with Crippen molar-refractivity contribution in [1.29, 1.82) is 0 Å². The number of aromatic nitrogens is 2. The van der Waals surface area contributed by atoms with Crippen molar-refractivity contribution in [3.05, 3.63) is 60.4 Å². The summed E-state index contributed by atoms with van der Waals surface area (Å²) in [7, 11) is 1.60. The minimum absolute atomic E-state index is 0.244. The van der Waals surface area contributed by atoms with Crippen molar-refractivity contribution in [2.45, 2.75) is 6.42 Å². The van der Waals surface area contributed by atoms with Gasteiger partial charge in [-0.3, -0.25) is 0 Å². The van der Waals surface area contributed by atoms with E-state index < -0.39 is 0 Å². The van der Waals surface area contributed by atoms with Crippen LogP contribution in [0.1, 0.15) is 12.0 Å². The fraction of sp³-hybridized carbons (Fsp3) is 0.200. The Morgan fingerprint density at radius 1 is 1.04 bits per heavy atom. The molecule has 2 aromatic carbocycles. The van der Waals surface area contributed by atoms with Crippen molar-refractivity contribution < 1.29 is 9.47 Å². The molecule has 0 saturated carbocycles. The number of nitrogens with zero attached hydrogens (tertiary/aromatic N) is 2. The molecule has 0 atom stereocenters. The number of anilines is 1. The van der Waals surface area contributed by atoms with E-state index in [-0.39, 0.29) is 6.79 Å². The number of rotatable bonds is 6. The molecule has 0 fully saturated rings. The lowest BCUT2D eigenvalue weighted by Crippen LogP contribution is -2.03. The number of nitrogens with one attached hydrogen (secondary N) is 1. The van der Waals surface area contributed by atoms with Crippen molar-refractivity contribution in [1.82, 2.24) is 9.97 Å². The van der Waals surface area contributed by atoms with Crippen LogP contribution < -0.4 is 10.1 Å². The molecule has 0 bridgehead atoms. The Hall–Kier alpha value is -3.10. The zero-order valence-electron chi connectivity index (χ0n) is 14.0. The fourth-order valence-corrected chi connectivity index (χ4v) is 2.32. The molecule has 1 aromatic heterocycles. The highest BCUT2D eigenvalue weighted by molar-refractivity contribution is 5.88. The molecule has 0 saturated heterocycles. The molecule has 0 amide bonds. The number of hydrogen-bond acceptors (Lipinski definition) is 5. The zero-order chi connectivity index (χ0) is 17.3. The normalized spacial score (nSPS) is 10.1. The number of methoxy groups -OCH3 is 1. The van der Waals surface area contributed by atoms with E-state index in [2.05, 4.69) is 27.1 Å². The second-order valence-electron chi connectivity index (χ2n) is 5.29. The Morgan fingerprint density at radius 2 is 1.88 bits per heavy atom. The predicted octanol–water partition coefficient (Wildman–Crippen LogP) is 3.47. The highest BCUT2D eigenvalue weighted by Crippen LogP contribution is 2.18. The Labute approximate surface area is 147 Å². The maximum atomic E-state index is 5.34. The molecule has 0 radical (unpaired) electrons. The molecule has 0 aliphatic rings. The van der Waals surface area contributed by atoms with Gasteiger partial charge in [-0.25, -0.2) is 9.97 Å². The van der Waals surface area contributed by atoms with Gasteiger partial charge in [0.15, 0.2) is 6.79 Å². The Morgan fingerprint density at radius 3 is 2.72 bits per heavy atom. The van der Waals surface area contributed by atoms with E-state index in [9.17, 15) is 0 Å². The summed E-state index contributed by atoms with van der Waals surface area (Å²) < 4.78 is 10.2. The summed E-state index contributed by atoms with van der Waals surface area (Å²) >= 11 is 0. The lowest BCUT2D eigenvalue weighted by atomic mass is 10.2. The van der Waals surface area contributed by atoms with Gasteiger partial charge in [-0.2, -0.15) is 0 Å². The van der Waals surface area contributed by atoms with Crippen molar-refractivity contribution in [2.24, 2.45) is 0 Å². The van der Waals surface area contributed by atoms with E-state index in [4.69, 9.17) is 9.47 Å². The van der Waals surface area contributed by atoms with E-state index in [1.807, 2.05) is 48.5 Å². The molecule has 0 aliphatic carbocycles. The number of benzene rings is 2. The molecular formula is C20H19N3O2. The van der Waals surface area contributed by atoms with Gasteiger partial charge in [0, 0.05) is 31.0 Å². The van der Waals surface area contributed by atoms with E-state index >= 15 is 0 Å². The summed E-state index contributed by atoms with van der Waals surface area (Å²) in [6, 6.07) is 15.6. The molecule has 1 heterocycles. The molecule has 3 aromatic rings. The topological polar surface area (TPSA) is 56.3 Å². The van der Waals surface area contributed by atoms with Crippen molar-refractivity contribution in [3.8, 4) is 17.6 Å². The summed E-state index contributed by atoms with van der Waals surface area (Å²) in [5.74, 6) is 7.91. The molecule has 5 nitrogen and oxygen atoms in total. The average molecular weight is 333 g/mol. The van der Waals surface area contributed by atoms with Crippen LogP contribution in [0.3, 0.4) is 0 Å². The number of fused-ring (bicyclic) bond motifs is 1. The van der Waals surface area contributed by atoms with Gasteiger partial charge >= 0.3 is 0 Å². The third-order valence-corrected chi connectivity index (χ3v) is 3.52. The molecule has 0 aliphatic heterocycles. The standard InChI is InChI=1S/C20H19N3O2/c1-24-15-25-17-11-9-16(10-12-17)6-4-5-13-21-20-18-7-2-3-8-19(18)22-14-23-20/h2-3,7-12,14H,5,13,15H2,1H3,(H,21,22,23). The van der Waals surface area contributed by atoms with Gasteiger partial charge in [-0.1, -0.05) is 24.0 Å². The van der Waals surface area contributed by atoms with E-state index in [1.165, 1.54) is 0 Å². The van der Waals surface area contributed by atoms with Gasteiger partial charge in [0.25, 0.3) is 0 Å². The number of hydrogen-bond donors (Lipinski definition) is 1. The van der Waals surface area contributed by atoms with E-state index in [0.29, 0.717) is 0 Å². The first-order valence-electron chi connectivity index (χ1n) is 8.01. The zero-order valence-corrected chi connectivity index (χ0v) is 14.0. The van der Waals surface area contributed by atoms with E-state index in [1.54, 1.807) is 13.4 Å². The summed E-state index contributed by atoms with van der Waals surface area (Å²) in [6.07, 6.45) is 2.30. The molecular weight excluding hydrogens is 314 g/mol. The monoisotopic (exact) mass is 333 g/mol. The second-order valence-corrected chi connectivity index (χ2v) is 5.29. The number of ether oxygens (including phenoxy) is 2. The molecule has 25 heavy (non-hydrogen) atoms. The third-order valence-electron chi connectivity index (χ3n) is 3.52. The summed E-state index contributed by atoms with van der Waals surface area (Å²) in [4.78, 5) is 8.56. The smallest absolute Gasteiger partial charge is 0.188 e. The minimum atomic E-state index is 0.244. The summed E-state index contributed by atoms with van der Waals surface area (Å²) in [6.45, 7) is 0.970. The number of para-hydroxylation sites is 1. The van der Waals surface area contributed by atoms with Crippen LogP contribution in [-0.4, -0.2) is 30.4 Å². The van der Waals surface area contributed by atoms with Crippen molar-refractivity contribution in [3.63, 3.8) is 0 Å². The molecule has 0 unspecified atom stereocenters. The van der Waals surface area contributed by atoms with Gasteiger partial charge in [0.05, 0.1) is 5.52 Å². The van der Waals surface area contributed by atoms with Crippen LogP contribution in [0.15, 0.2) is 54.9 Å². The molecule has 3 rings (SSSR count). The van der Waals surface area contributed by atoms with Crippen LogP contribution in [0, 0.1) is 11.8 Å². The van der Waals surface area contributed by atoms with Crippen LogP contribution in [-0.2, 0) is 4.74 Å². The van der Waals surface area contributed by atoms with Gasteiger partial charge in [0.1, 0.15) is 17.9 Å². The third kappa shape index (κ3) is 4.69. The first kappa shape index (κ1) is 16.7. The molecule has 1 N–H and O–H groups in total. The highest BCUT2D eigenvalue weighted by atomic mass is 16.7. The van der Waals surface area contributed by atoms with Crippen LogP contribution in [0.5, 0.6) is 5.75 Å². The van der Waals surface area contributed by atoms with E-state index in [0.717, 1.165) is 41.0 Å². The predicted molar refractivity (Wildman–Crippen MR) is 98.5 cm³/mol. The first-order valence-corrected chi connectivity index (χ1v) is 8.01. The van der Waals surface area contributed by atoms with Gasteiger partial charge < -0.3 is 14.8 Å². The first-order chi connectivity index (χ1) is 12.4. The molecule has 5 heteroatoms. The largest absolute Gasteiger partial charge is 0.468 e. The Balaban J connectivity index is 1.52. The van der Waals surface area contributed by atoms with Crippen LogP contribution in [0.4, 0.5) is 5.82 Å². The van der Waals surface area contributed by atoms with Gasteiger partial charge in [-0.05, 0) is 36.4 Å². The Bertz CT molecular complexity index is 877. The highest BCUT2D eigenvalue weighted by Gasteiger charge is 2.00. The van der Waals surface area contributed by atoms with Gasteiger partial charge in [-0.15, -0.1) is 0 Å². The fourth-order valence-electron chi connectivity index (χ4n) is 2.32. The maximum Gasteiger partial charge on any atom is 0.188 e. The SMILES string of the molecule is COCOc1ccc(C#CCCNc2ncnc3ccccc23)cc1. The lowest BCUT2D eigenvalue weighted by molar-refractivity contribution is 0.0511. The van der Waals surface area contributed by atoms with Crippen LogP contribution in [0.25, 0.3) is 10.9 Å². The maximum absolute atomic E-state index is 5.34. The van der Waals surface area contributed by atoms with Crippen molar-refractivity contribution >= 4 is 16.7 Å². The minimum Gasteiger partial charge on any atom is -0.468 e. The Kier molecular flexibility index (Phi) is 5.81. The quantitative estimate of drug-likeness (QED) is 0.425. The van der Waals surface area contributed by atoms with Crippen molar-refractivity contribution in [2.75, 3.05) is 25.8 Å². The molecule has 0 spiro atoms. The summed E-state index contributed by atoms with van der Waals surface area (Å²) in [5, 5.41) is 4.34. The van der Waals surface area contributed by atoms with Crippen LogP contribution >= 0.6 is 0 Å². The summed E-state index contributed by atoms with van der Waals surface area (Å²) in [5.41, 5.74) is 1.89. The lowest BCUT2D eigenvalue weighted by Gasteiger charge is -2.06.